The number of hydrogen-bond acceptors (Lipinski definition) is 12. The number of fused-ring (bicyclic) bond motifs is 2. The van der Waals surface area contributed by atoms with E-state index in [1.807, 2.05) is 0 Å². The number of esters is 2. The van der Waals surface area contributed by atoms with Crippen molar-refractivity contribution in [3.05, 3.63) is 45.4 Å². The first-order valence-corrected chi connectivity index (χ1v) is 14.8. The number of benzene rings is 2. The van der Waals surface area contributed by atoms with E-state index in [-0.39, 0.29) is 53.1 Å². The van der Waals surface area contributed by atoms with Crippen LogP contribution >= 0.6 is 23.2 Å². The Hall–Kier alpha value is -2.59. The zero-order valence-electron chi connectivity index (χ0n) is 23.7. The smallest absolute Gasteiger partial charge is 0.492 e. The van der Waals surface area contributed by atoms with Gasteiger partial charge in [-0.15, -0.1) is 0 Å². The van der Waals surface area contributed by atoms with E-state index < -0.39 is 55.7 Å². The van der Waals surface area contributed by atoms with Crippen LogP contribution in [0.25, 0.3) is 0 Å². The van der Waals surface area contributed by atoms with Crippen LogP contribution < -0.4 is 15.1 Å². The van der Waals surface area contributed by atoms with Crippen molar-refractivity contribution in [2.45, 2.75) is 38.9 Å². The summed E-state index contributed by atoms with van der Waals surface area (Å²) in [6, 6.07) is 5.33. The second-order valence-electron chi connectivity index (χ2n) is 8.60. The van der Waals surface area contributed by atoms with Crippen LogP contribution in [0.2, 0.25) is 10.0 Å². The van der Waals surface area contributed by atoms with Gasteiger partial charge in [0.2, 0.25) is 0 Å². The molecule has 230 valence electrons. The normalized spacial score (nSPS) is 17.1. The Morgan fingerprint density at radius 2 is 1.38 bits per heavy atom. The van der Waals surface area contributed by atoms with Crippen LogP contribution in [0.15, 0.2) is 24.3 Å². The van der Waals surface area contributed by atoms with Crippen LogP contribution in [0, 0.1) is 0 Å². The number of phenols is 1. The third-order valence-electron chi connectivity index (χ3n) is 5.61. The molecule has 0 saturated carbocycles. The molecule has 2 unspecified atom stereocenters. The highest BCUT2D eigenvalue weighted by Gasteiger charge is 2.40. The van der Waals surface area contributed by atoms with Gasteiger partial charge < -0.3 is 38.1 Å². The first-order valence-electron chi connectivity index (χ1n) is 12.9. The molecule has 2 atom stereocenters. The lowest BCUT2D eigenvalue weighted by atomic mass is 9.79. The number of alkyl halides is 1. The number of carbonyl (C=O) groups excluding carboxylic acids is 2. The summed E-state index contributed by atoms with van der Waals surface area (Å²) in [5.74, 6) is -1.00. The Kier molecular flexibility index (Phi) is 12.7. The Morgan fingerprint density at radius 1 is 0.952 bits per heavy atom. The van der Waals surface area contributed by atoms with Gasteiger partial charge in [0.05, 0.1) is 53.0 Å². The lowest BCUT2D eigenvalue weighted by molar-refractivity contribution is -0.146. The van der Waals surface area contributed by atoms with E-state index in [1.165, 1.54) is 24.3 Å². The lowest BCUT2D eigenvalue weighted by Crippen LogP contribution is -2.28. The van der Waals surface area contributed by atoms with Gasteiger partial charge in [0, 0.05) is 16.1 Å². The second kappa shape index (κ2) is 15.8. The summed E-state index contributed by atoms with van der Waals surface area (Å²) < 4.78 is 62.7. The van der Waals surface area contributed by atoms with Crippen LogP contribution in [-0.2, 0) is 38.5 Å². The molecule has 0 spiro atoms. The molecule has 0 radical (unpaired) electrons. The number of carbonyl (C=O) groups is 2. The van der Waals surface area contributed by atoms with Crippen LogP contribution in [0.1, 0.15) is 51.4 Å². The Labute approximate surface area is 254 Å². The highest BCUT2D eigenvalue weighted by molar-refractivity contribution is 7.86. The number of halogens is 3. The van der Waals surface area contributed by atoms with Crippen molar-refractivity contribution in [2.75, 3.05) is 26.6 Å². The third kappa shape index (κ3) is 9.46. The molecule has 2 aromatic rings. The molecule has 2 aliphatic heterocycles. The molecule has 0 amide bonds. The van der Waals surface area contributed by atoms with Gasteiger partial charge in [-0.3, -0.25) is 14.0 Å². The Morgan fingerprint density at radius 3 is 1.81 bits per heavy atom. The fourth-order valence-electron chi connectivity index (χ4n) is 4.19. The maximum atomic E-state index is 11.6. The van der Waals surface area contributed by atoms with Crippen molar-refractivity contribution < 1.29 is 61.9 Å². The maximum Gasteiger partial charge on any atom is 0.492 e. The van der Waals surface area contributed by atoms with E-state index in [0.29, 0.717) is 16.6 Å². The fourth-order valence-corrected chi connectivity index (χ4v) is 5.31. The standard InChI is InChI=1S/C12H14BClO7S.C11H12BClO5.CH3F/c1-3-19-11(15)6-10-12-8(13(16)20-10)4-7(5-9(12)14)21-22(2,17)18;1-2-17-10(15)5-9-11-7(12(16)18-9)3-6(14)4-8(11)13;1-2/h4-5,10,16H,3,6H2,1-2H3;3-4,9,14,16H,2,5H2,1H3;1H3/i;;1D. The van der Waals surface area contributed by atoms with E-state index in [9.17, 15) is 37.6 Å². The van der Waals surface area contributed by atoms with Gasteiger partial charge in [0.1, 0.15) is 11.5 Å². The molecule has 2 aliphatic rings. The van der Waals surface area contributed by atoms with Gasteiger partial charge in [0.15, 0.2) is 0 Å². The number of hydrogen-bond donors (Lipinski definition) is 3. The summed E-state index contributed by atoms with van der Waals surface area (Å²) in [5, 5.41) is 29.4. The quantitative estimate of drug-likeness (QED) is 0.214. The van der Waals surface area contributed by atoms with Crippen molar-refractivity contribution in [2.24, 2.45) is 0 Å². The lowest BCUT2D eigenvalue weighted by Gasteiger charge is -2.13. The van der Waals surface area contributed by atoms with Crippen LogP contribution in [0.5, 0.6) is 11.5 Å². The van der Waals surface area contributed by atoms with Gasteiger partial charge in [-0.05, 0) is 54.1 Å². The molecule has 0 saturated heterocycles. The average Bonchev–Trinajstić information content (AvgIpc) is 3.35. The minimum Gasteiger partial charge on any atom is -0.508 e. The molecule has 0 bridgehead atoms. The Balaban J connectivity index is 0.000000279. The first kappa shape index (κ1) is 33.9. The molecule has 3 N–H and O–H groups in total. The summed E-state index contributed by atoms with van der Waals surface area (Å²) in [6.07, 6.45) is -0.650. The van der Waals surface area contributed by atoms with Gasteiger partial charge in [0.25, 0.3) is 0 Å². The van der Waals surface area contributed by atoms with Crippen molar-refractivity contribution in [1.82, 2.24) is 0 Å². The van der Waals surface area contributed by atoms with Crippen molar-refractivity contribution in [1.29, 1.82) is 0 Å². The zero-order valence-corrected chi connectivity index (χ0v) is 25.0. The van der Waals surface area contributed by atoms with E-state index in [1.54, 1.807) is 13.8 Å². The molecule has 0 fully saturated rings. The monoisotopic (exact) mass is 653 g/mol. The second-order valence-corrected chi connectivity index (χ2v) is 11.0. The minimum atomic E-state index is -3.72. The number of phenolic OH excluding ortho intramolecular Hbond substituents is 1. The predicted octanol–water partition coefficient (Wildman–Crippen LogP) is 1.73. The third-order valence-corrected chi connectivity index (χ3v) is 6.73. The van der Waals surface area contributed by atoms with Crippen molar-refractivity contribution in [3.8, 4) is 11.5 Å². The summed E-state index contributed by atoms with van der Waals surface area (Å²) >= 11 is 12.1. The summed E-state index contributed by atoms with van der Waals surface area (Å²) in [5.41, 5.74) is 1.59. The van der Waals surface area contributed by atoms with E-state index >= 15 is 0 Å². The van der Waals surface area contributed by atoms with Gasteiger partial charge in [-0.25, -0.2) is 0 Å². The molecular formula is C24H29B2Cl2FO12S. The van der Waals surface area contributed by atoms with Crippen molar-refractivity contribution in [3.63, 3.8) is 0 Å². The molecule has 12 nitrogen and oxygen atoms in total. The molecule has 2 aromatic carbocycles. The van der Waals surface area contributed by atoms with E-state index in [0.717, 1.165) is 6.26 Å². The highest BCUT2D eigenvalue weighted by atomic mass is 35.5. The number of ether oxygens (including phenoxy) is 2. The summed E-state index contributed by atoms with van der Waals surface area (Å²) in [7, 11) is -7.24. The maximum absolute atomic E-state index is 11.6. The zero-order chi connectivity index (χ0) is 32.5. The molecular weight excluding hydrogens is 624 g/mol. The number of rotatable bonds is 8. The summed E-state index contributed by atoms with van der Waals surface area (Å²) in [6.45, 7) is 3.90. The first-order chi connectivity index (χ1) is 20.1. The van der Waals surface area contributed by atoms with Gasteiger partial charge in [-0.1, -0.05) is 23.2 Å². The topological polar surface area (TPSA) is 175 Å². The molecule has 0 aromatic heterocycles. The highest BCUT2D eigenvalue weighted by Crippen LogP contribution is 2.36. The Bertz CT molecular complexity index is 1400. The van der Waals surface area contributed by atoms with E-state index in [4.69, 9.17) is 47.5 Å². The van der Waals surface area contributed by atoms with E-state index in [2.05, 4.69) is 0 Å². The summed E-state index contributed by atoms with van der Waals surface area (Å²) in [4.78, 5) is 23.0. The predicted molar refractivity (Wildman–Crippen MR) is 152 cm³/mol. The van der Waals surface area contributed by atoms with Crippen LogP contribution in [0.3, 0.4) is 0 Å². The number of aromatic hydroxyl groups is 1. The van der Waals surface area contributed by atoms with Gasteiger partial charge >= 0.3 is 36.3 Å². The largest absolute Gasteiger partial charge is 0.508 e. The molecule has 4 rings (SSSR count). The molecule has 0 aliphatic carbocycles. The molecule has 2 heterocycles. The van der Waals surface area contributed by atoms with Crippen molar-refractivity contribution >= 4 is 70.4 Å². The SMILES string of the molecule is CCOC(=O)CC1OB(O)c2cc(O)cc(Cl)c21.CCOC(=O)CC1OB(O)c2cc(OS(C)(=O)=O)cc(Cl)c21.[2H]CF. The molecule has 42 heavy (non-hydrogen) atoms. The minimum absolute atomic E-state index is 0.0254. The fraction of sp³-hybridized carbons (Fsp3) is 0.417. The molecule has 18 heteroatoms. The van der Waals surface area contributed by atoms with Crippen LogP contribution in [0.4, 0.5) is 4.39 Å². The van der Waals surface area contributed by atoms with Gasteiger partial charge in [-0.2, -0.15) is 8.42 Å². The average molecular weight is 654 g/mol. The van der Waals surface area contributed by atoms with Crippen LogP contribution in [-0.4, -0.2) is 76.4 Å².